The van der Waals surface area contributed by atoms with Gasteiger partial charge in [0.2, 0.25) is 0 Å². The fraction of sp³-hybridized carbons (Fsp3) is 0.250. The van der Waals surface area contributed by atoms with Crippen molar-refractivity contribution in [3.05, 3.63) is 68.5 Å². The van der Waals surface area contributed by atoms with E-state index in [1.807, 2.05) is 32.0 Å². The normalized spacial score (nSPS) is 11.5. The van der Waals surface area contributed by atoms with Gasteiger partial charge in [0.25, 0.3) is 5.56 Å². The molecule has 0 atom stereocenters. The number of nitrogens with one attached hydrogen (secondary N) is 2. The van der Waals surface area contributed by atoms with Crippen LogP contribution in [0.1, 0.15) is 22.0 Å². The predicted octanol–water partition coefficient (Wildman–Crippen LogP) is 3.62. The Hall–Kier alpha value is -2.64. The van der Waals surface area contributed by atoms with E-state index in [9.17, 15) is 9.18 Å². The van der Waals surface area contributed by atoms with Crippen LogP contribution < -0.4 is 10.9 Å². The fourth-order valence-electron chi connectivity index (χ4n) is 3.09. The molecule has 27 heavy (non-hydrogen) atoms. The average Bonchev–Trinajstić information content (AvgIpc) is 2.94. The molecule has 0 bridgehead atoms. The average molecular weight is 382 g/mol. The zero-order chi connectivity index (χ0) is 19.0. The van der Waals surface area contributed by atoms with Gasteiger partial charge in [-0.15, -0.1) is 11.3 Å². The lowest BCUT2D eigenvalue weighted by Gasteiger charge is -2.06. The van der Waals surface area contributed by atoms with Gasteiger partial charge in [0.1, 0.15) is 22.0 Å². The summed E-state index contributed by atoms with van der Waals surface area (Å²) in [6, 6.07) is 8.70. The molecule has 0 aliphatic carbocycles. The molecule has 0 unspecified atom stereocenters. The third kappa shape index (κ3) is 3.48. The summed E-state index contributed by atoms with van der Waals surface area (Å²) >= 11 is 1.55. The molecule has 0 spiro atoms. The third-order valence-corrected chi connectivity index (χ3v) is 5.76. The minimum Gasteiger partial charge on any atom is -0.311 e. The van der Waals surface area contributed by atoms with Crippen LogP contribution >= 0.6 is 11.3 Å². The van der Waals surface area contributed by atoms with Crippen molar-refractivity contribution in [2.75, 3.05) is 6.54 Å². The van der Waals surface area contributed by atoms with Crippen molar-refractivity contribution in [3.8, 4) is 0 Å². The standard InChI is InChI=1S/C20H19FN4OS/c1-11-12(2)27-20-17(11)19(26)24-16(25-20)8-9-22-10-14-7-6-13-4-3-5-15(21)18(13)23-14/h3-7,22H,8-10H2,1-2H3,(H,24,25,26). The number of pyridine rings is 1. The Kier molecular flexibility index (Phi) is 4.72. The Bertz CT molecular complexity index is 1200. The van der Waals surface area contributed by atoms with E-state index in [0.717, 1.165) is 26.4 Å². The van der Waals surface area contributed by atoms with Gasteiger partial charge in [-0.05, 0) is 31.5 Å². The van der Waals surface area contributed by atoms with E-state index in [2.05, 4.69) is 20.3 Å². The largest absolute Gasteiger partial charge is 0.311 e. The number of aromatic amines is 1. The van der Waals surface area contributed by atoms with E-state index >= 15 is 0 Å². The summed E-state index contributed by atoms with van der Waals surface area (Å²) in [5.74, 6) is 0.352. The molecule has 0 saturated carbocycles. The molecule has 0 aliphatic rings. The lowest BCUT2D eigenvalue weighted by molar-refractivity contribution is 0.633. The highest BCUT2D eigenvalue weighted by Crippen LogP contribution is 2.25. The summed E-state index contributed by atoms with van der Waals surface area (Å²) < 4.78 is 13.8. The maximum absolute atomic E-state index is 13.8. The number of nitrogens with zero attached hydrogens (tertiary/aromatic N) is 2. The SMILES string of the molecule is Cc1sc2nc(CCNCc3ccc4cccc(F)c4n3)[nH]c(=O)c2c1C. The number of para-hydroxylation sites is 1. The van der Waals surface area contributed by atoms with Crippen LogP contribution in [-0.2, 0) is 13.0 Å². The van der Waals surface area contributed by atoms with Gasteiger partial charge in [-0.1, -0.05) is 18.2 Å². The van der Waals surface area contributed by atoms with Gasteiger partial charge in [0.05, 0.1) is 11.1 Å². The van der Waals surface area contributed by atoms with Gasteiger partial charge in [-0.25, -0.2) is 14.4 Å². The number of aryl methyl sites for hydroxylation is 2. The number of fused-ring (bicyclic) bond motifs is 2. The molecule has 7 heteroatoms. The predicted molar refractivity (Wildman–Crippen MR) is 107 cm³/mol. The maximum Gasteiger partial charge on any atom is 0.259 e. The lowest BCUT2D eigenvalue weighted by Crippen LogP contribution is -2.20. The van der Waals surface area contributed by atoms with Crippen LogP contribution in [0.2, 0.25) is 0 Å². The molecule has 0 fully saturated rings. The van der Waals surface area contributed by atoms with Gasteiger partial charge in [-0.3, -0.25) is 4.79 Å². The van der Waals surface area contributed by atoms with Crippen LogP contribution in [0.25, 0.3) is 21.1 Å². The van der Waals surface area contributed by atoms with E-state index in [0.29, 0.717) is 36.2 Å². The van der Waals surface area contributed by atoms with E-state index in [-0.39, 0.29) is 11.4 Å². The number of aromatic nitrogens is 3. The maximum atomic E-state index is 13.8. The van der Waals surface area contributed by atoms with Crippen LogP contribution in [0.15, 0.2) is 35.1 Å². The molecule has 138 valence electrons. The molecule has 5 nitrogen and oxygen atoms in total. The van der Waals surface area contributed by atoms with Crippen molar-refractivity contribution in [2.45, 2.75) is 26.8 Å². The molecule has 3 aromatic heterocycles. The lowest BCUT2D eigenvalue weighted by atomic mass is 10.2. The Balaban J connectivity index is 1.42. The summed E-state index contributed by atoms with van der Waals surface area (Å²) in [5.41, 5.74) is 2.08. The molecule has 4 aromatic rings. The van der Waals surface area contributed by atoms with Crippen molar-refractivity contribution in [3.63, 3.8) is 0 Å². The van der Waals surface area contributed by atoms with Crippen LogP contribution in [0.3, 0.4) is 0 Å². The summed E-state index contributed by atoms with van der Waals surface area (Å²) in [6.07, 6.45) is 0.600. The Morgan fingerprint density at radius 3 is 2.89 bits per heavy atom. The summed E-state index contributed by atoms with van der Waals surface area (Å²) in [5, 5.41) is 4.75. The monoisotopic (exact) mass is 382 g/mol. The smallest absolute Gasteiger partial charge is 0.259 e. The van der Waals surface area contributed by atoms with E-state index in [1.54, 1.807) is 17.4 Å². The number of rotatable bonds is 5. The molecular weight excluding hydrogens is 363 g/mol. The van der Waals surface area contributed by atoms with E-state index in [1.165, 1.54) is 6.07 Å². The number of thiophene rings is 1. The van der Waals surface area contributed by atoms with Gasteiger partial charge in [0, 0.05) is 29.8 Å². The first-order valence-electron chi connectivity index (χ1n) is 8.76. The first kappa shape index (κ1) is 17.8. The first-order chi connectivity index (χ1) is 13.0. The summed E-state index contributed by atoms with van der Waals surface area (Å²) in [7, 11) is 0. The highest BCUT2D eigenvalue weighted by atomic mass is 32.1. The van der Waals surface area contributed by atoms with Gasteiger partial charge < -0.3 is 10.3 Å². The van der Waals surface area contributed by atoms with Crippen molar-refractivity contribution in [2.24, 2.45) is 0 Å². The number of hydrogen-bond acceptors (Lipinski definition) is 5. The molecule has 4 rings (SSSR count). The second-order valence-corrected chi connectivity index (χ2v) is 7.72. The zero-order valence-electron chi connectivity index (χ0n) is 15.1. The molecule has 1 aromatic carbocycles. The molecule has 2 N–H and O–H groups in total. The van der Waals surface area contributed by atoms with Gasteiger partial charge >= 0.3 is 0 Å². The minimum absolute atomic E-state index is 0.0801. The quantitative estimate of drug-likeness (QED) is 0.517. The van der Waals surface area contributed by atoms with E-state index < -0.39 is 0 Å². The molecule has 0 aliphatic heterocycles. The second-order valence-electron chi connectivity index (χ2n) is 6.52. The Labute approximate surface area is 159 Å². The molecule has 0 saturated heterocycles. The van der Waals surface area contributed by atoms with Gasteiger partial charge in [0.15, 0.2) is 0 Å². The Morgan fingerprint density at radius 2 is 2.04 bits per heavy atom. The fourth-order valence-corrected chi connectivity index (χ4v) is 4.14. The molecule has 3 heterocycles. The number of H-pyrrole nitrogens is 1. The van der Waals surface area contributed by atoms with Crippen molar-refractivity contribution >= 4 is 32.5 Å². The number of halogens is 1. The highest BCUT2D eigenvalue weighted by molar-refractivity contribution is 7.18. The summed E-state index contributed by atoms with van der Waals surface area (Å²) in [4.78, 5) is 26.0. The number of hydrogen-bond donors (Lipinski definition) is 2. The van der Waals surface area contributed by atoms with Crippen LogP contribution in [0, 0.1) is 19.7 Å². The van der Waals surface area contributed by atoms with Crippen molar-refractivity contribution in [1.29, 1.82) is 0 Å². The Morgan fingerprint density at radius 1 is 1.19 bits per heavy atom. The molecule has 0 amide bonds. The van der Waals surface area contributed by atoms with Crippen molar-refractivity contribution in [1.82, 2.24) is 20.3 Å². The van der Waals surface area contributed by atoms with Crippen molar-refractivity contribution < 1.29 is 4.39 Å². The molecular formula is C20H19FN4OS. The van der Waals surface area contributed by atoms with Crippen LogP contribution in [-0.4, -0.2) is 21.5 Å². The van der Waals surface area contributed by atoms with Gasteiger partial charge in [-0.2, -0.15) is 0 Å². The minimum atomic E-state index is -0.314. The second kappa shape index (κ2) is 7.17. The van der Waals surface area contributed by atoms with E-state index in [4.69, 9.17) is 0 Å². The third-order valence-electron chi connectivity index (χ3n) is 4.66. The first-order valence-corrected chi connectivity index (χ1v) is 9.58. The summed E-state index contributed by atoms with van der Waals surface area (Å²) in [6.45, 7) is 5.11. The molecule has 0 radical (unpaired) electrons. The van der Waals surface area contributed by atoms with Crippen LogP contribution in [0.4, 0.5) is 4.39 Å². The highest BCUT2D eigenvalue weighted by Gasteiger charge is 2.11. The number of benzene rings is 1. The zero-order valence-corrected chi connectivity index (χ0v) is 15.9. The topological polar surface area (TPSA) is 70.7 Å². The van der Waals surface area contributed by atoms with Crippen LogP contribution in [0.5, 0.6) is 0 Å².